The molecule has 0 aliphatic carbocycles. The fourth-order valence-corrected chi connectivity index (χ4v) is 4.26. The third-order valence-electron chi connectivity index (χ3n) is 5.86. The van der Waals surface area contributed by atoms with E-state index in [1.807, 2.05) is 0 Å². The van der Waals surface area contributed by atoms with Gasteiger partial charge in [-0.3, -0.25) is 19.0 Å². The molecule has 1 saturated heterocycles. The maximum atomic E-state index is 11.9. The number of rotatable bonds is 12. The Morgan fingerprint density at radius 3 is 2.31 bits per heavy atom. The predicted octanol–water partition coefficient (Wildman–Crippen LogP) is 2.64. The number of hydrogen-bond acceptors (Lipinski definition) is 11. The van der Waals surface area contributed by atoms with Gasteiger partial charge in [0, 0.05) is 27.2 Å². The van der Waals surface area contributed by atoms with Gasteiger partial charge in [-0.05, 0) is 6.42 Å². The van der Waals surface area contributed by atoms with E-state index in [0.29, 0.717) is 23.4 Å². The first-order valence-corrected chi connectivity index (χ1v) is 12.3. The highest BCUT2D eigenvalue weighted by atomic mass is 16.7. The van der Waals surface area contributed by atoms with Gasteiger partial charge in [-0.25, -0.2) is 15.0 Å². The molecule has 36 heavy (non-hydrogen) atoms. The molecule has 12 heteroatoms. The molecule has 1 fully saturated rings. The summed E-state index contributed by atoms with van der Waals surface area (Å²) < 4.78 is 23.7. The highest BCUT2D eigenvalue weighted by molar-refractivity contribution is 5.81. The maximum Gasteiger partial charge on any atom is 0.303 e. The zero-order valence-corrected chi connectivity index (χ0v) is 21.3. The fourth-order valence-electron chi connectivity index (χ4n) is 4.26. The number of anilines is 1. The van der Waals surface area contributed by atoms with Gasteiger partial charge in [0.15, 0.2) is 29.9 Å². The monoisotopic (exact) mass is 505 g/mol. The Bertz CT molecular complexity index is 1070. The molecule has 3 heterocycles. The number of carbonyl (C=O) groups is 3. The molecule has 0 amide bonds. The van der Waals surface area contributed by atoms with Crippen LogP contribution in [0.25, 0.3) is 11.2 Å². The molecule has 0 unspecified atom stereocenters. The minimum Gasteiger partial charge on any atom is -0.463 e. The second kappa shape index (κ2) is 12.6. The van der Waals surface area contributed by atoms with Gasteiger partial charge in [-0.2, -0.15) is 0 Å². The summed E-state index contributed by atoms with van der Waals surface area (Å²) in [6.07, 6.45) is 5.00. The molecule has 0 saturated carbocycles. The van der Waals surface area contributed by atoms with E-state index in [0.717, 1.165) is 19.3 Å². The third-order valence-corrected chi connectivity index (χ3v) is 5.86. The number of aryl methyl sites for hydroxylation is 1. The Kier molecular flexibility index (Phi) is 9.57. The number of nitrogens with two attached hydrogens (primary N) is 1. The zero-order valence-electron chi connectivity index (χ0n) is 21.3. The molecular weight excluding hydrogens is 470 g/mol. The molecule has 2 N–H and O–H groups in total. The lowest BCUT2D eigenvalue weighted by molar-refractivity contribution is -0.166. The number of aromatic nitrogens is 4. The highest BCUT2D eigenvalue weighted by Gasteiger charge is 2.51. The van der Waals surface area contributed by atoms with Crippen molar-refractivity contribution in [3.8, 4) is 0 Å². The van der Waals surface area contributed by atoms with Gasteiger partial charge >= 0.3 is 17.9 Å². The zero-order chi connectivity index (χ0) is 26.2. The number of nitrogens with zero attached hydrogens (tertiary/aromatic N) is 4. The molecule has 3 rings (SSSR count). The van der Waals surface area contributed by atoms with Crippen LogP contribution in [0.4, 0.5) is 5.82 Å². The Hall–Kier alpha value is -3.28. The summed E-state index contributed by atoms with van der Waals surface area (Å²) in [6.45, 7) is 5.71. The molecule has 198 valence electrons. The SMILES string of the molecule is CCCCCCCCc1nc(N)c2ncn([C@@H]3O[C@H](COC(C)=O)[C@@H](OC(C)=O)[C@H]3OC(C)=O)c2n1. The Labute approximate surface area is 209 Å². The van der Waals surface area contributed by atoms with E-state index in [9.17, 15) is 14.4 Å². The van der Waals surface area contributed by atoms with Crippen LogP contribution in [0.1, 0.15) is 78.3 Å². The topological polar surface area (TPSA) is 158 Å². The lowest BCUT2D eigenvalue weighted by Crippen LogP contribution is -2.40. The predicted molar refractivity (Wildman–Crippen MR) is 128 cm³/mol. The van der Waals surface area contributed by atoms with Crippen LogP contribution in [0, 0.1) is 0 Å². The van der Waals surface area contributed by atoms with Gasteiger partial charge in [-0.15, -0.1) is 0 Å². The summed E-state index contributed by atoms with van der Waals surface area (Å²) in [5, 5.41) is 0. The summed E-state index contributed by atoms with van der Waals surface area (Å²) in [6, 6.07) is 0. The second-order valence-corrected chi connectivity index (χ2v) is 8.88. The van der Waals surface area contributed by atoms with Crippen LogP contribution in [0.5, 0.6) is 0 Å². The van der Waals surface area contributed by atoms with Gasteiger partial charge in [0.2, 0.25) is 0 Å². The van der Waals surface area contributed by atoms with Gasteiger partial charge in [-0.1, -0.05) is 39.0 Å². The van der Waals surface area contributed by atoms with E-state index >= 15 is 0 Å². The summed E-state index contributed by atoms with van der Waals surface area (Å²) in [4.78, 5) is 48.5. The minimum absolute atomic E-state index is 0.200. The van der Waals surface area contributed by atoms with E-state index in [2.05, 4.69) is 21.9 Å². The van der Waals surface area contributed by atoms with Gasteiger partial charge in [0.1, 0.15) is 24.1 Å². The summed E-state index contributed by atoms with van der Waals surface area (Å²) in [5.74, 6) is -0.915. The lowest BCUT2D eigenvalue weighted by atomic mass is 10.1. The number of fused-ring (bicyclic) bond motifs is 1. The van der Waals surface area contributed by atoms with E-state index in [4.69, 9.17) is 24.7 Å². The van der Waals surface area contributed by atoms with E-state index in [-0.39, 0.29) is 12.4 Å². The molecule has 1 aliphatic heterocycles. The third kappa shape index (κ3) is 6.90. The molecule has 0 aromatic carbocycles. The van der Waals surface area contributed by atoms with Crippen molar-refractivity contribution in [2.75, 3.05) is 12.3 Å². The number of esters is 3. The van der Waals surface area contributed by atoms with Crippen molar-refractivity contribution < 1.29 is 33.3 Å². The highest BCUT2D eigenvalue weighted by Crippen LogP contribution is 2.36. The molecule has 0 radical (unpaired) electrons. The number of hydrogen-bond donors (Lipinski definition) is 1. The summed E-state index contributed by atoms with van der Waals surface area (Å²) >= 11 is 0. The fraction of sp³-hybridized carbons (Fsp3) is 0.667. The van der Waals surface area contributed by atoms with Crippen molar-refractivity contribution in [3.63, 3.8) is 0 Å². The standard InChI is InChI=1S/C24H35N5O7/c1-5-6-7-8-9-10-11-18-27-22(25)19-23(28-18)29(13-26-19)24-21(35-16(4)32)20(34-15(3)31)17(36-24)12-33-14(2)30/h13,17,20-21,24H,5-12H2,1-4H3,(H2,25,27,28)/t17-,20-,21-,24-/m1/s1. The van der Waals surface area contributed by atoms with Crippen LogP contribution >= 0.6 is 0 Å². The largest absolute Gasteiger partial charge is 0.463 e. The number of carbonyl (C=O) groups excluding carboxylic acids is 3. The molecule has 0 bridgehead atoms. The maximum absolute atomic E-state index is 11.9. The van der Waals surface area contributed by atoms with Crippen molar-refractivity contribution >= 4 is 34.9 Å². The Morgan fingerprint density at radius 1 is 0.972 bits per heavy atom. The Morgan fingerprint density at radius 2 is 1.64 bits per heavy atom. The van der Waals surface area contributed by atoms with Crippen molar-refractivity contribution in [1.82, 2.24) is 19.5 Å². The number of imidazole rings is 1. The van der Waals surface area contributed by atoms with Crippen molar-refractivity contribution in [3.05, 3.63) is 12.2 Å². The quantitative estimate of drug-likeness (QED) is 0.257. The summed E-state index contributed by atoms with van der Waals surface area (Å²) in [7, 11) is 0. The molecular formula is C24H35N5O7. The van der Waals surface area contributed by atoms with Gasteiger partial charge in [0.05, 0.1) is 6.33 Å². The van der Waals surface area contributed by atoms with Crippen molar-refractivity contribution in [1.29, 1.82) is 0 Å². The van der Waals surface area contributed by atoms with E-state index in [1.165, 1.54) is 46.4 Å². The van der Waals surface area contributed by atoms with Crippen LogP contribution in [0.15, 0.2) is 6.33 Å². The van der Waals surface area contributed by atoms with Crippen LogP contribution < -0.4 is 5.73 Å². The second-order valence-electron chi connectivity index (χ2n) is 8.88. The van der Waals surface area contributed by atoms with Crippen LogP contribution in [-0.2, 0) is 39.8 Å². The Balaban J connectivity index is 1.89. The van der Waals surface area contributed by atoms with Crippen LogP contribution in [0.2, 0.25) is 0 Å². The van der Waals surface area contributed by atoms with Crippen molar-refractivity contribution in [2.45, 2.75) is 97.2 Å². The lowest BCUT2D eigenvalue weighted by Gasteiger charge is -2.23. The molecule has 4 atom stereocenters. The molecule has 2 aromatic heterocycles. The average molecular weight is 506 g/mol. The molecule has 0 spiro atoms. The van der Waals surface area contributed by atoms with E-state index in [1.54, 1.807) is 4.57 Å². The van der Waals surface area contributed by atoms with Crippen LogP contribution in [-0.4, -0.2) is 62.3 Å². The molecule has 2 aromatic rings. The van der Waals surface area contributed by atoms with Gasteiger partial charge < -0.3 is 24.7 Å². The average Bonchev–Trinajstić information content (AvgIpc) is 3.36. The molecule has 12 nitrogen and oxygen atoms in total. The smallest absolute Gasteiger partial charge is 0.303 e. The van der Waals surface area contributed by atoms with E-state index < -0.39 is 42.4 Å². The number of ether oxygens (including phenoxy) is 4. The van der Waals surface area contributed by atoms with Crippen molar-refractivity contribution in [2.24, 2.45) is 0 Å². The number of unbranched alkanes of at least 4 members (excludes halogenated alkanes) is 5. The minimum atomic E-state index is -1.04. The first-order chi connectivity index (χ1) is 17.2. The van der Waals surface area contributed by atoms with Crippen LogP contribution in [0.3, 0.4) is 0 Å². The first kappa shape index (κ1) is 27.3. The first-order valence-electron chi connectivity index (χ1n) is 12.3. The molecule has 1 aliphatic rings. The summed E-state index contributed by atoms with van der Waals surface area (Å²) in [5.41, 5.74) is 6.95. The number of nitrogen functional groups attached to an aromatic ring is 1. The van der Waals surface area contributed by atoms with Gasteiger partial charge in [0.25, 0.3) is 0 Å². The normalized spacial score (nSPS) is 21.4.